The zero-order valence-corrected chi connectivity index (χ0v) is 17.7. The summed E-state index contributed by atoms with van der Waals surface area (Å²) in [4.78, 5) is 19.9. The molecule has 6 nitrogen and oxygen atoms in total. The van der Waals surface area contributed by atoms with E-state index in [0.717, 1.165) is 42.9 Å². The molecule has 1 fully saturated rings. The van der Waals surface area contributed by atoms with Crippen molar-refractivity contribution in [2.24, 2.45) is 0 Å². The largest absolute Gasteiger partial charge is 0.354 e. The number of nitrogens with zero attached hydrogens (tertiary/aromatic N) is 5. The lowest BCUT2D eigenvalue weighted by atomic mass is 10.1. The molecule has 0 unspecified atom stereocenters. The predicted molar refractivity (Wildman–Crippen MR) is 120 cm³/mol. The minimum atomic E-state index is 0.681. The molecule has 1 N–H and O–H groups in total. The lowest BCUT2D eigenvalue weighted by Gasteiger charge is -2.33. The van der Waals surface area contributed by atoms with Gasteiger partial charge < -0.3 is 15.1 Å². The van der Waals surface area contributed by atoms with E-state index in [1.807, 2.05) is 24.5 Å². The van der Waals surface area contributed by atoms with Gasteiger partial charge in [0.25, 0.3) is 0 Å². The highest BCUT2D eigenvalue weighted by Gasteiger charge is 2.15. The monoisotopic (exact) mass is 408 g/mol. The Morgan fingerprint density at radius 2 is 1.93 bits per heavy atom. The maximum atomic E-state index is 4.83. The van der Waals surface area contributed by atoms with Gasteiger partial charge in [-0.2, -0.15) is 0 Å². The van der Waals surface area contributed by atoms with Crippen LogP contribution in [0.5, 0.6) is 0 Å². The van der Waals surface area contributed by atoms with Crippen molar-refractivity contribution < 1.29 is 0 Å². The molecule has 0 saturated carbocycles. The second-order valence-corrected chi connectivity index (χ2v) is 8.18. The van der Waals surface area contributed by atoms with Crippen LogP contribution in [0.15, 0.2) is 48.2 Å². The third-order valence-electron chi connectivity index (χ3n) is 5.36. The summed E-state index contributed by atoms with van der Waals surface area (Å²) in [5.74, 6) is 0.681. The molecule has 1 aliphatic heterocycles. The molecule has 1 aliphatic rings. The van der Waals surface area contributed by atoms with Crippen molar-refractivity contribution in [2.75, 3.05) is 51.1 Å². The lowest BCUT2D eigenvalue weighted by molar-refractivity contribution is 0.137. The highest BCUT2D eigenvalue weighted by molar-refractivity contribution is 7.13. The van der Waals surface area contributed by atoms with Gasteiger partial charge in [0.05, 0.1) is 5.69 Å². The number of anilines is 1. The first-order chi connectivity index (χ1) is 14.3. The number of piperazine rings is 1. The summed E-state index contributed by atoms with van der Waals surface area (Å²) in [5.41, 5.74) is 2.98. The number of rotatable bonds is 8. The lowest BCUT2D eigenvalue weighted by Crippen LogP contribution is -2.46. The van der Waals surface area contributed by atoms with Gasteiger partial charge in [0.15, 0.2) is 0 Å². The Morgan fingerprint density at radius 3 is 2.66 bits per heavy atom. The van der Waals surface area contributed by atoms with Crippen LogP contribution in [0.4, 0.5) is 5.95 Å². The number of hydrogen-bond donors (Lipinski definition) is 1. The van der Waals surface area contributed by atoms with Crippen LogP contribution in [0.3, 0.4) is 0 Å². The van der Waals surface area contributed by atoms with Crippen LogP contribution in [0, 0.1) is 0 Å². The van der Waals surface area contributed by atoms with E-state index in [0.29, 0.717) is 5.95 Å². The van der Waals surface area contributed by atoms with E-state index >= 15 is 0 Å². The third-order valence-corrected chi connectivity index (χ3v) is 6.26. The Bertz CT molecular complexity index is 876. The van der Waals surface area contributed by atoms with E-state index in [1.54, 1.807) is 17.5 Å². The van der Waals surface area contributed by atoms with Gasteiger partial charge in [-0.25, -0.2) is 9.97 Å². The summed E-state index contributed by atoms with van der Waals surface area (Å²) >= 11 is 1.70. The molecule has 152 valence electrons. The fraction of sp³-hybridized carbons (Fsp3) is 0.409. The number of thiophene rings is 1. The van der Waals surface area contributed by atoms with Gasteiger partial charge in [0.2, 0.25) is 5.95 Å². The Morgan fingerprint density at radius 1 is 1.07 bits per heavy atom. The molecule has 0 bridgehead atoms. The number of likely N-dealkylation sites (N-methyl/N-ethyl adjacent to an activating group) is 1. The van der Waals surface area contributed by atoms with Gasteiger partial charge in [-0.15, -0.1) is 11.3 Å². The van der Waals surface area contributed by atoms with Crippen molar-refractivity contribution in [3.63, 3.8) is 0 Å². The molecular formula is C22H28N6S. The average molecular weight is 409 g/mol. The van der Waals surface area contributed by atoms with E-state index in [2.05, 4.69) is 49.5 Å². The van der Waals surface area contributed by atoms with Crippen LogP contribution in [0.1, 0.15) is 13.3 Å². The fourth-order valence-electron chi connectivity index (χ4n) is 3.63. The molecule has 3 aromatic heterocycles. The zero-order chi connectivity index (χ0) is 19.9. The van der Waals surface area contributed by atoms with Gasteiger partial charge in [-0.1, -0.05) is 13.0 Å². The SMILES string of the molecule is CCN1CCN(CCCNc2ncc(-c3cccs3)c(-c3cccnc3)n2)CC1. The van der Waals surface area contributed by atoms with Gasteiger partial charge >= 0.3 is 0 Å². The van der Waals surface area contributed by atoms with E-state index in [4.69, 9.17) is 4.98 Å². The molecule has 4 rings (SSSR count). The minimum absolute atomic E-state index is 0.681. The van der Waals surface area contributed by atoms with Crippen LogP contribution in [0.2, 0.25) is 0 Å². The first-order valence-electron chi connectivity index (χ1n) is 10.3. The standard InChI is InChI=1S/C22H28N6S/c1-2-27-11-13-28(14-12-27)10-5-9-24-22-25-17-19(20-7-4-15-29-20)21(26-22)18-6-3-8-23-16-18/h3-4,6-8,15-17H,2,5,9-14H2,1H3,(H,24,25,26). The molecule has 0 spiro atoms. The van der Waals surface area contributed by atoms with Crippen molar-refractivity contribution in [3.05, 3.63) is 48.2 Å². The molecule has 0 radical (unpaired) electrons. The average Bonchev–Trinajstić information content (AvgIpc) is 3.32. The summed E-state index contributed by atoms with van der Waals surface area (Å²) in [6.07, 6.45) is 6.66. The van der Waals surface area contributed by atoms with Crippen LogP contribution < -0.4 is 5.32 Å². The van der Waals surface area contributed by atoms with Crippen LogP contribution in [0.25, 0.3) is 21.7 Å². The summed E-state index contributed by atoms with van der Waals surface area (Å²) in [6, 6.07) is 8.15. The topological polar surface area (TPSA) is 57.2 Å². The molecule has 0 atom stereocenters. The van der Waals surface area contributed by atoms with Crippen LogP contribution >= 0.6 is 11.3 Å². The second-order valence-electron chi connectivity index (χ2n) is 7.23. The van der Waals surface area contributed by atoms with E-state index in [9.17, 15) is 0 Å². The van der Waals surface area contributed by atoms with Gasteiger partial charge in [-0.05, 0) is 43.1 Å². The highest BCUT2D eigenvalue weighted by Crippen LogP contribution is 2.33. The van der Waals surface area contributed by atoms with Crippen molar-refractivity contribution in [3.8, 4) is 21.7 Å². The first-order valence-corrected chi connectivity index (χ1v) is 11.2. The molecule has 4 heterocycles. The molecule has 0 aliphatic carbocycles. The van der Waals surface area contributed by atoms with Gasteiger partial charge in [0, 0.05) is 67.3 Å². The maximum absolute atomic E-state index is 4.83. The number of pyridine rings is 1. The van der Waals surface area contributed by atoms with Crippen molar-refractivity contribution in [1.82, 2.24) is 24.8 Å². The maximum Gasteiger partial charge on any atom is 0.223 e. The van der Waals surface area contributed by atoms with Crippen molar-refractivity contribution >= 4 is 17.3 Å². The second kappa shape index (κ2) is 9.91. The van der Waals surface area contributed by atoms with Crippen molar-refractivity contribution in [2.45, 2.75) is 13.3 Å². The summed E-state index contributed by atoms with van der Waals surface area (Å²) in [6.45, 7) is 10.1. The molecule has 1 saturated heterocycles. The zero-order valence-electron chi connectivity index (χ0n) is 16.9. The van der Waals surface area contributed by atoms with Gasteiger partial charge in [0.1, 0.15) is 0 Å². The molecule has 0 amide bonds. The predicted octanol–water partition coefficient (Wildman–Crippen LogP) is 3.71. The van der Waals surface area contributed by atoms with Crippen molar-refractivity contribution in [1.29, 1.82) is 0 Å². The summed E-state index contributed by atoms with van der Waals surface area (Å²) in [5, 5.41) is 5.49. The molecule has 3 aromatic rings. The molecule has 7 heteroatoms. The molecule has 29 heavy (non-hydrogen) atoms. The summed E-state index contributed by atoms with van der Waals surface area (Å²) in [7, 11) is 0. The quantitative estimate of drug-likeness (QED) is 0.574. The van der Waals surface area contributed by atoms with Crippen LogP contribution in [-0.2, 0) is 0 Å². The molecular weight excluding hydrogens is 380 g/mol. The Labute approximate surface area is 176 Å². The molecule has 0 aromatic carbocycles. The minimum Gasteiger partial charge on any atom is -0.354 e. The first kappa shape index (κ1) is 19.9. The van der Waals surface area contributed by atoms with E-state index in [-0.39, 0.29) is 0 Å². The number of aromatic nitrogens is 3. The van der Waals surface area contributed by atoms with E-state index in [1.165, 1.54) is 31.1 Å². The Balaban J connectivity index is 1.38. The number of hydrogen-bond acceptors (Lipinski definition) is 7. The normalized spacial score (nSPS) is 15.5. The fourth-order valence-corrected chi connectivity index (χ4v) is 4.37. The summed E-state index contributed by atoms with van der Waals surface area (Å²) < 4.78 is 0. The highest BCUT2D eigenvalue weighted by atomic mass is 32.1. The van der Waals surface area contributed by atoms with E-state index < -0.39 is 0 Å². The third kappa shape index (κ3) is 5.18. The Kier molecular flexibility index (Phi) is 6.82. The smallest absolute Gasteiger partial charge is 0.223 e. The van der Waals surface area contributed by atoms with Gasteiger partial charge in [-0.3, -0.25) is 4.98 Å². The van der Waals surface area contributed by atoms with Crippen LogP contribution in [-0.4, -0.2) is 70.6 Å². The number of nitrogens with one attached hydrogen (secondary N) is 1. The Hall–Kier alpha value is -2.35.